The van der Waals surface area contributed by atoms with Crippen LogP contribution >= 0.6 is 12.4 Å². The molecule has 3 unspecified atom stereocenters. The van der Waals surface area contributed by atoms with E-state index in [1.807, 2.05) is 36.1 Å². The molecule has 5 heteroatoms. The molecule has 3 atom stereocenters. The van der Waals surface area contributed by atoms with Gasteiger partial charge in [-0.1, -0.05) is 18.2 Å². The predicted molar refractivity (Wildman–Crippen MR) is 84.9 cm³/mol. The summed E-state index contributed by atoms with van der Waals surface area (Å²) in [6, 6.07) is 7.99. The molecular weight excluding hydrogens is 288 g/mol. The summed E-state index contributed by atoms with van der Waals surface area (Å²) < 4.78 is 5.63. The number of carbonyl (C=O) groups excluding carboxylic acids is 1. The molecular formula is C16H23ClN2O2. The second-order valence-electron chi connectivity index (χ2n) is 5.95. The molecule has 21 heavy (non-hydrogen) atoms. The molecule has 2 heterocycles. The first kappa shape index (κ1) is 16.1. The van der Waals surface area contributed by atoms with Crippen LogP contribution in [-0.4, -0.2) is 36.5 Å². The zero-order valence-corrected chi connectivity index (χ0v) is 13.1. The van der Waals surface area contributed by atoms with E-state index in [4.69, 9.17) is 10.5 Å². The SMILES string of the molecule is CC(N)C1CCCN(C(=O)C2COc3ccccc32)C1.Cl. The lowest BCUT2D eigenvalue weighted by atomic mass is 9.90. The van der Waals surface area contributed by atoms with E-state index in [0.717, 1.165) is 37.2 Å². The molecule has 1 saturated heterocycles. The molecule has 4 nitrogen and oxygen atoms in total. The summed E-state index contributed by atoms with van der Waals surface area (Å²) in [5, 5.41) is 0. The number of ether oxygens (including phenoxy) is 1. The molecule has 1 amide bonds. The highest BCUT2D eigenvalue weighted by Crippen LogP contribution is 2.35. The van der Waals surface area contributed by atoms with Crippen LogP contribution in [0.15, 0.2) is 24.3 Å². The summed E-state index contributed by atoms with van der Waals surface area (Å²) in [7, 11) is 0. The maximum atomic E-state index is 12.7. The van der Waals surface area contributed by atoms with Gasteiger partial charge in [-0.15, -0.1) is 12.4 Å². The summed E-state index contributed by atoms with van der Waals surface area (Å²) in [5.41, 5.74) is 7.03. The standard InChI is InChI=1S/C16H22N2O2.ClH/c1-11(17)12-5-4-8-18(9-12)16(19)14-10-20-15-7-3-2-6-13(14)15;/h2-3,6-7,11-12,14H,4-5,8-10,17H2,1H3;1H. The van der Waals surface area contributed by atoms with Crippen molar-refractivity contribution in [1.82, 2.24) is 4.90 Å². The molecule has 0 radical (unpaired) electrons. The van der Waals surface area contributed by atoms with Gasteiger partial charge < -0.3 is 15.4 Å². The van der Waals surface area contributed by atoms with E-state index in [-0.39, 0.29) is 30.3 Å². The van der Waals surface area contributed by atoms with Gasteiger partial charge in [-0.3, -0.25) is 4.79 Å². The van der Waals surface area contributed by atoms with Gasteiger partial charge in [0, 0.05) is 24.7 Å². The van der Waals surface area contributed by atoms with Gasteiger partial charge in [-0.05, 0) is 31.7 Å². The summed E-state index contributed by atoms with van der Waals surface area (Å²) >= 11 is 0. The monoisotopic (exact) mass is 310 g/mol. The fraction of sp³-hybridized carbons (Fsp3) is 0.562. The molecule has 0 bridgehead atoms. The molecule has 2 aliphatic rings. The highest BCUT2D eigenvalue weighted by Gasteiger charge is 2.35. The van der Waals surface area contributed by atoms with Crippen molar-refractivity contribution in [3.63, 3.8) is 0 Å². The molecule has 3 rings (SSSR count). The minimum Gasteiger partial charge on any atom is -0.492 e. The van der Waals surface area contributed by atoms with Gasteiger partial charge >= 0.3 is 0 Å². The van der Waals surface area contributed by atoms with Gasteiger partial charge in [0.1, 0.15) is 18.3 Å². The van der Waals surface area contributed by atoms with Crippen LogP contribution in [-0.2, 0) is 4.79 Å². The quantitative estimate of drug-likeness (QED) is 0.911. The Labute approximate surface area is 132 Å². The lowest BCUT2D eigenvalue weighted by Crippen LogP contribution is -2.46. The minimum atomic E-state index is -0.141. The van der Waals surface area contributed by atoms with Crippen LogP contribution in [0.1, 0.15) is 31.2 Å². The minimum absolute atomic E-state index is 0. The number of halogens is 1. The van der Waals surface area contributed by atoms with Crippen molar-refractivity contribution in [2.45, 2.75) is 31.7 Å². The van der Waals surface area contributed by atoms with Crippen molar-refractivity contribution < 1.29 is 9.53 Å². The Hall–Kier alpha value is -1.26. The van der Waals surface area contributed by atoms with Crippen LogP contribution in [0.5, 0.6) is 5.75 Å². The zero-order chi connectivity index (χ0) is 14.1. The smallest absolute Gasteiger partial charge is 0.233 e. The third-order valence-corrected chi connectivity index (χ3v) is 4.51. The van der Waals surface area contributed by atoms with Crippen molar-refractivity contribution >= 4 is 18.3 Å². The largest absolute Gasteiger partial charge is 0.492 e. The fourth-order valence-corrected chi connectivity index (χ4v) is 3.23. The second-order valence-corrected chi connectivity index (χ2v) is 5.95. The molecule has 1 aromatic carbocycles. The Morgan fingerprint density at radius 3 is 2.95 bits per heavy atom. The summed E-state index contributed by atoms with van der Waals surface area (Å²) in [6.07, 6.45) is 2.17. The predicted octanol–water partition coefficient (Wildman–Crippen LogP) is 2.17. The Kier molecular flexibility index (Phi) is 5.12. The molecule has 0 saturated carbocycles. The molecule has 0 aliphatic carbocycles. The number of amides is 1. The Morgan fingerprint density at radius 1 is 1.43 bits per heavy atom. The van der Waals surface area contributed by atoms with Crippen LogP contribution < -0.4 is 10.5 Å². The van der Waals surface area contributed by atoms with E-state index in [0.29, 0.717) is 12.5 Å². The third-order valence-electron chi connectivity index (χ3n) is 4.51. The first-order chi connectivity index (χ1) is 9.66. The van der Waals surface area contributed by atoms with Crippen LogP contribution in [0.3, 0.4) is 0 Å². The Bertz CT molecular complexity index is 507. The maximum Gasteiger partial charge on any atom is 0.233 e. The molecule has 116 valence electrons. The topological polar surface area (TPSA) is 55.6 Å². The number of fused-ring (bicyclic) bond motifs is 1. The van der Waals surface area contributed by atoms with Crippen molar-refractivity contribution in [2.75, 3.05) is 19.7 Å². The second kappa shape index (κ2) is 6.67. The van der Waals surface area contributed by atoms with Crippen molar-refractivity contribution in [1.29, 1.82) is 0 Å². The number of para-hydroxylation sites is 1. The van der Waals surface area contributed by atoms with Crippen molar-refractivity contribution in [3.05, 3.63) is 29.8 Å². The van der Waals surface area contributed by atoms with Crippen LogP contribution in [0.4, 0.5) is 0 Å². The first-order valence-electron chi connectivity index (χ1n) is 7.43. The number of rotatable bonds is 2. The number of nitrogens with zero attached hydrogens (tertiary/aromatic N) is 1. The van der Waals surface area contributed by atoms with Gasteiger partial charge in [0.05, 0.1) is 0 Å². The number of hydrogen-bond donors (Lipinski definition) is 1. The van der Waals surface area contributed by atoms with E-state index < -0.39 is 0 Å². The van der Waals surface area contributed by atoms with E-state index >= 15 is 0 Å². The van der Waals surface area contributed by atoms with E-state index in [9.17, 15) is 4.79 Å². The highest BCUT2D eigenvalue weighted by atomic mass is 35.5. The maximum absolute atomic E-state index is 12.7. The fourth-order valence-electron chi connectivity index (χ4n) is 3.23. The number of benzene rings is 1. The number of hydrogen-bond acceptors (Lipinski definition) is 3. The first-order valence-corrected chi connectivity index (χ1v) is 7.43. The number of piperidine rings is 1. The summed E-state index contributed by atoms with van der Waals surface area (Å²) in [5.74, 6) is 1.33. The van der Waals surface area contributed by atoms with Gasteiger partial charge in [0.2, 0.25) is 5.91 Å². The highest BCUT2D eigenvalue weighted by molar-refractivity contribution is 5.86. The Balaban J connectivity index is 0.00000161. The van der Waals surface area contributed by atoms with Crippen LogP contribution in [0.2, 0.25) is 0 Å². The van der Waals surface area contributed by atoms with Gasteiger partial charge in [0.25, 0.3) is 0 Å². The van der Waals surface area contributed by atoms with Gasteiger partial charge in [0.15, 0.2) is 0 Å². The average molecular weight is 311 g/mol. The van der Waals surface area contributed by atoms with E-state index in [2.05, 4.69) is 0 Å². The molecule has 1 aromatic rings. The van der Waals surface area contributed by atoms with E-state index in [1.54, 1.807) is 0 Å². The van der Waals surface area contributed by atoms with E-state index in [1.165, 1.54) is 0 Å². The molecule has 1 fully saturated rings. The number of carbonyl (C=O) groups is 1. The zero-order valence-electron chi connectivity index (χ0n) is 12.3. The normalized spacial score (nSPS) is 25.5. The van der Waals surface area contributed by atoms with Crippen LogP contribution in [0, 0.1) is 5.92 Å². The number of nitrogens with two attached hydrogens (primary N) is 1. The van der Waals surface area contributed by atoms with Gasteiger partial charge in [-0.2, -0.15) is 0 Å². The summed E-state index contributed by atoms with van der Waals surface area (Å²) in [6.45, 7) is 4.14. The molecule has 2 aliphatic heterocycles. The summed E-state index contributed by atoms with van der Waals surface area (Å²) in [4.78, 5) is 14.7. The van der Waals surface area contributed by atoms with Crippen molar-refractivity contribution in [2.24, 2.45) is 11.7 Å². The lowest BCUT2D eigenvalue weighted by Gasteiger charge is -2.35. The molecule has 2 N–H and O–H groups in total. The van der Waals surface area contributed by atoms with Crippen LogP contribution in [0.25, 0.3) is 0 Å². The molecule has 0 aromatic heterocycles. The Morgan fingerprint density at radius 2 is 2.19 bits per heavy atom. The molecule has 0 spiro atoms. The lowest BCUT2D eigenvalue weighted by molar-refractivity contribution is -0.135. The third kappa shape index (κ3) is 3.16. The van der Waals surface area contributed by atoms with Crippen molar-refractivity contribution in [3.8, 4) is 5.75 Å². The van der Waals surface area contributed by atoms with Gasteiger partial charge in [-0.25, -0.2) is 0 Å². The average Bonchev–Trinajstić information content (AvgIpc) is 2.90. The number of likely N-dealkylation sites (tertiary alicyclic amines) is 1.